The summed E-state index contributed by atoms with van der Waals surface area (Å²) in [4.78, 5) is 46.0. The van der Waals surface area contributed by atoms with Crippen LogP contribution in [-0.4, -0.2) is 75.2 Å². The summed E-state index contributed by atoms with van der Waals surface area (Å²) in [7, 11) is 0. The van der Waals surface area contributed by atoms with Crippen LogP contribution in [0.15, 0.2) is 30.3 Å². The Labute approximate surface area is 236 Å². The Balaban J connectivity index is 1.28. The van der Waals surface area contributed by atoms with Crippen LogP contribution in [0.3, 0.4) is 0 Å². The minimum absolute atomic E-state index is 0.0371. The molecule has 1 saturated carbocycles. The van der Waals surface area contributed by atoms with Gasteiger partial charge in [-0.15, -0.1) is 0 Å². The third-order valence-electron chi connectivity index (χ3n) is 9.73. The number of imide groups is 1. The number of fused-ring (bicyclic) bond motifs is 2. The lowest BCUT2D eigenvalue weighted by atomic mass is 9.80. The van der Waals surface area contributed by atoms with Gasteiger partial charge in [-0.3, -0.25) is 19.4 Å². The Hall–Kier alpha value is -2.55. The predicted octanol–water partition coefficient (Wildman–Crippen LogP) is 5.51. The number of urea groups is 1. The van der Waals surface area contributed by atoms with E-state index in [1.807, 2.05) is 56.0 Å². The number of hydrogen-bond acceptors (Lipinski definition) is 4. The minimum atomic E-state index is -2.66. The summed E-state index contributed by atoms with van der Waals surface area (Å²) >= 11 is 0. The number of nitrogens with zero attached hydrogens (tertiary/aromatic N) is 3. The van der Waals surface area contributed by atoms with Crippen molar-refractivity contribution < 1.29 is 23.2 Å². The molecule has 7 nitrogen and oxygen atoms in total. The molecule has 1 spiro atoms. The highest BCUT2D eigenvalue weighted by Gasteiger charge is 2.62. The zero-order valence-corrected chi connectivity index (χ0v) is 24.1. The molecule has 1 N–H and O–H groups in total. The Kier molecular flexibility index (Phi) is 8.24. The molecule has 1 aliphatic carbocycles. The van der Waals surface area contributed by atoms with E-state index in [1.54, 1.807) is 0 Å². The number of halogens is 2. The first-order valence-corrected chi connectivity index (χ1v) is 15.2. The lowest BCUT2D eigenvalue weighted by Gasteiger charge is -2.47. The van der Waals surface area contributed by atoms with E-state index < -0.39 is 11.5 Å². The number of benzene rings is 1. The van der Waals surface area contributed by atoms with Crippen LogP contribution in [0.5, 0.6) is 0 Å². The van der Waals surface area contributed by atoms with Crippen molar-refractivity contribution in [2.75, 3.05) is 13.1 Å². The van der Waals surface area contributed by atoms with Crippen molar-refractivity contribution in [2.45, 2.75) is 121 Å². The normalized spacial score (nSPS) is 29.6. The lowest BCUT2D eigenvalue weighted by Crippen LogP contribution is -2.60. The van der Waals surface area contributed by atoms with Gasteiger partial charge in [0.2, 0.25) is 11.8 Å². The van der Waals surface area contributed by atoms with Crippen molar-refractivity contribution in [3.05, 3.63) is 35.9 Å². The molecule has 3 aliphatic heterocycles. The van der Waals surface area contributed by atoms with Crippen molar-refractivity contribution in [3.63, 3.8) is 0 Å². The van der Waals surface area contributed by atoms with E-state index >= 15 is 0 Å². The summed E-state index contributed by atoms with van der Waals surface area (Å²) in [5.41, 5.74) is 0.256. The summed E-state index contributed by atoms with van der Waals surface area (Å²) in [5, 5.41) is 3.20. The molecule has 1 aromatic rings. The maximum atomic E-state index is 13.8. The molecule has 3 heterocycles. The number of alkyl halides is 2. The Bertz CT molecular complexity index is 1070. The van der Waals surface area contributed by atoms with Gasteiger partial charge in [-0.25, -0.2) is 13.6 Å². The number of rotatable bonds is 9. The zero-order chi connectivity index (χ0) is 28.7. The summed E-state index contributed by atoms with van der Waals surface area (Å²) in [6, 6.07) is 9.74. The Morgan fingerprint density at radius 3 is 2.20 bits per heavy atom. The smallest absolute Gasteiger partial charge is 0.327 e. The fourth-order valence-electron chi connectivity index (χ4n) is 7.68. The number of amides is 4. The largest absolute Gasteiger partial charge is 0.349 e. The van der Waals surface area contributed by atoms with Gasteiger partial charge in [-0.05, 0) is 70.8 Å². The highest BCUT2D eigenvalue weighted by atomic mass is 19.3. The monoisotopic (exact) mass is 558 g/mol. The molecule has 2 bridgehead atoms. The number of carbonyl (C=O) groups is 3. The van der Waals surface area contributed by atoms with Gasteiger partial charge in [-0.2, -0.15) is 0 Å². The summed E-state index contributed by atoms with van der Waals surface area (Å²) in [6.07, 6.45) is 4.76. The molecule has 220 valence electrons. The fraction of sp³-hybridized carbons (Fsp3) is 0.710. The first-order valence-electron chi connectivity index (χ1n) is 15.2. The van der Waals surface area contributed by atoms with Gasteiger partial charge >= 0.3 is 6.03 Å². The van der Waals surface area contributed by atoms with Gasteiger partial charge in [0.1, 0.15) is 5.54 Å². The first kappa shape index (κ1) is 29.0. The molecule has 5 rings (SSSR count). The second-order valence-corrected chi connectivity index (χ2v) is 12.7. The minimum Gasteiger partial charge on any atom is -0.349 e. The van der Waals surface area contributed by atoms with E-state index in [1.165, 1.54) is 4.90 Å². The van der Waals surface area contributed by atoms with Crippen molar-refractivity contribution in [1.29, 1.82) is 0 Å². The molecule has 1 aromatic carbocycles. The molecule has 40 heavy (non-hydrogen) atoms. The van der Waals surface area contributed by atoms with Crippen LogP contribution < -0.4 is 5.32 Å². The standard InChI is InChI=1S/C31H44F2N4O3/c1-4-17-36-29(40)37(21(2)3)28(39)30(36)19-24-10-11-25(20-30)35(24)18-14-26(22-8-6-5-7-9-22)34-27(38)23-12-15-31(32,33)16-13-23/h5-9,21,23-26H,4,10-20H2,1-3H3,(H,34,38)/t24?,25?,26-,30?/m0/s1. The Morgan fingerprint density at radius 1 is 1.00 bits per heavy atom. The van der Waals surface area contributed by atoms with Crippen LogP contribution in [0, 0.1) is 5.92 Å². The average molecular weight is 559 g/mol. The molecular weight excluding hydrogens is 514 g/mol. The third-order valence-corrected chi connectivity index (χ3v) is 9.73. The summed E-state index contributed by atoms with van der Waals surface area (Å²) < 4.78 is 27.4. The summed E-state index contributed by atoms with van der Waals surface area (Å²) in [5.74, 6) is -3.21. The molecule has 0 aromatic heterocycles. The van der Waals surface area contributed by atoms with Crippen LogP contribution in [0.1, 0.15) is 96.6 Å². The summed E-state index contributed by atoms with van der Waals surface area (Å²) in [6.45, 7) is 7.20. The van der Waals surface area contributed by atoms with Crippen molar-refractivity contribution in [2.24, 2.45) is 5.92 Å². The first-order chi connectivity index (χ1) is 19.1. The van der Waals surface area contributed by atoms with E-state index in [9.17, 15) is 23.2 Å². The fourth-order valence-corrected chi connectivity index (χ4v) is 7.68. The SMILES string of the molecule is CCCN1C(=O)N(C(C)C)C(=O)C12CC1CCC(C2)N1CC[C@H](NC(=O)C1CCC(F)(F)CC1)c1ccccc1. The Morgan fingerprint density at radius 2 is 1.62 bits per heavy atom. The van der Waals surface area contributed by atoms with Gasteiger partial charge in [0.25, 0.3) is 5.91 Å². The highest BCUT2D eigenvalue weighted by Crippen LogP contribution is 2.48. The van der Waals surface area contributed by atoms with Crippen LogP contribution in [0.25, 0.3) is 0 Å². The molecule has 9 heteroatoms. The molecule has 4 aliphatic rings. The van der Waals surface area contributed by atoms with E-state index in [0.717, 1.165) is 31.4 Å². The van der Waals surface area contributed by atoms with Crippen molar-refractivity contribution >= 4 is 17.8 Å². The topological polar surface area (TPSA) is 73.0 Å². The van der Waals surface area contributed by atoms with E-state index in [0.29, 0.717) is 25.8 Å². The van der Waals surface area contributed by atoms with Crippen molar-refractivity contribution in [3.8, 4) is 0 Å². The van der Waals surface area contributed by atoms with E-state index in [-0.39, 0.29) is 73.6 Å². The molecular formula is C31H44F2N4O3. The molecule has 3 saturated heterocycles. The van der Waals surface area contributed by atoms with Gasteiger partial charge in [-0.1, -0.05) is 37.3 Å². The molecule has 3 atom stereocenters. The number of carbonyl (C=O) groups excluding carboxylic acids is 3. The zero-order valence-electron chi connectivity index (χ0n) is 24.1. The maximum absolute atomic E-state index is 13.8. The molecule has 4 fully saturated rings. The van der Waals surface area contributed by atoms with Gasteiger partial charge in [0.15, 0.2) is 0 Å². The molecule has 0 radical (unpaired) electrons. The quantitative estimate of drug-likeness (QED) is 0.406. The highest BCUT2D eigenvalue weighted by molar-refractivity contribution is 6.07. The second-order valence-electron chi connectivity index (χ2n) is 12.7. The van der Waals surface area contributed by atoms with Gasteiger partial charge < -0.3 is 10.2 Å². The van der Waals surface area contributed by atoms with Crippen LogP contribution in [0.2, 0.25) is 0 Å². The second kappa shape index (κ2) is 11.4. The molecule has 4 amide bonds. The number of hydrogen-bond donors (Lipinski definition) is 1. The number of nitrogens with one attached hydrogen (secondary N) is 1. The average Bonchev–Trinajstić information content (AvgIpc) is 3.27. The third kappa shape index (κ3) is 5.38. The van der Waals surface area contributed by atoms with Crippen LogP contribution in [0.4, 0.5) is 13.6 Å². The maximum Gasteiger partial charge on any atom is 0.327 e. The van der Waals surface area contributed by atoms with Crippen LogP contribution in [-0.2, 0) is 9.59 Å². The van der Waals surface area contributed by atoms with Gasteiger partial charge in [0.05, 0.1) is 6.04 Å². The predicted molar refractivity (Wildman–Crippen MR) is 149 cm³/mol. The molecule has 2 unspecified atom stereocenters. The van der Waals surface area contributed by atoms with E-state index in [4.69, 9.17) is 0 Å². The lowest BCUT2D eigenvalue weighted by molar-refractivity contribution is -0.138. The number of piperidine rings is 1. The van der Waals surface area contributed by atoms with E-state index in [2.05, 4.69) is 10.2 Å². The van der Waals surface area contributed by atoms with Gasteiger partial charge in [0, 0.05) is 50.0 Å². The van der Waals surface area contributed by atoms with Crippen LogP contribution >= 0.6 is 0 Å². The van der Waals surface area contributed by atoms with Crippen molar-refractivity contribution in [1.82, 2.24) is 20.0 Å².